The van der Waals surface area contributed by atoms with Gasteiger partial charge in [-0.15, -0.1) is 0 Å². The maximum absolute atomic E-state index is 12.5. The summed E-state index contributed by atoms with van der Waals surface area (Å²) in [5, 5.41) is 16.0. The van der Waals surface area contributed by atoms with Crippen LogP contribution in [-0.4, -0.2) is 49.5 Å². The van der Waals surface area contributed by atoms with E-state index >= 15 is 0 Å². The summed E-state index contributed by atoms with van der Waals surface area (Å²) < 4.78 is 5.23. The quantitative estimate of drug-likeness (QED) is 0.647. The number of aliphatic hydroxyl groups excluding tert-OH is 1. The molecule has 1 aliphatic carbocycles. The van der Waals surface area contributed by atoms with E-state index in [1.165, 1.54) is 6.42 Å². The second kappa shape index (κ2) is 6.87. The monoisotopic (exact) mass is 284 g/mol. The summed E-state index contributed by atoms with van der Waals surface area (Å²) >= 11 is 0. The minimum atomic E-state index is -0.439. The van der Waals surface area contributed by atoms with Gasteiger partial charge in [0.25, 0.3) is 0 Å². The van der Waals surface area contributed by atoms with Crippen molar-refractivity contribution in [2.45, 2.75) is 51.0 Å². The molecule has 0 unspecified atom stereocenters. The molecule has 0 bridgehead atoms. The van der Waals surface area contributed by atoms with Crippen LogP contribution in [0.25, 0.3) is 0 Å². The minimum absolute atomic E-state index is 0.118. The lowest BCUT2D eigenvalue weighted by molar-refractivity contribution is -0.143. The molecule has 2 fully saturated rings. The van der Waals surface area contributed by atoms with Crippen molar-refractivity contribution in [1.29, 1.82) is 0 Å². The fraction of sp³-hybridized carbons (Fsp3) is 0.933. The van der Waals surface area contributed by atoms with Crippen LogP contribution in [0.2, 0.25) is 0 Å². The summed E-state index contributed by atoms with van der Waals surface area (Å²) in [6.07, 6.45) is 6.13. The maximum atomic E-state index is 12.5. The molecule has 0 radical (unpaired) electrons. The number of rotatable bonds is 7. The SMILES string of the molecule is CCCNC(=O)C1(NCC2(CO)COC2)CCCCC1. The maximum Gasteiger partial charge on any atom is 0.240 e. The van der Waals surface area contributed by atoms with Crippen molar-refractivity contribution in [3.05, 3.63) is 0 Å². The molecule has 0 aromatic heterocycles. The van der Waals surface area contributed by atoms with Gasteiger partial charge in [-0.2, -0.15) is 0 Å². The molecule has 2 aliphatic rings. The highest BCUT2D eigenvalue weighted by Crippen LogP contribution is 2.32. The highest BCUT2D eigenvalue weighted by Gasteiger charge is 2.44. The van der Waals surface area contributed by atoms with Gasteiger partial charge in [-0.05, 0) is 19.3 Å². The van der Waals surface area contributed by atoms with Crippen molar-refractivity contribution >= 4 is 5.91 Å². The molecular weight excluding hydrogens is 256 g/mol. The first-order valence-electron chi connectivity index (χ1n) is 7.88. The molecule has 1 heterocycles. The fourth-order valence-corrected chi connectivity index (χ4v) is 3.04. The van der Waals surface area contributed by atoms with Crippen LogP contribution in [0, 0.1) is 5.41 Å². The molecule has 1 saturated heterocycles. The summed E-state index contributed by atoms with van der Waals surface area (Å²) in [5.41, 5.74) is -0.624. The van der Waals surface area contributed by atoms with E-state index in [1.54, 1.807) is 0 Å². The first kappa shape index (κ1) is 15.7. The molecule has 1 amide bonds. The van der Waals surface area contributed by atoms with Crippen LogP contribution in [0.5, 0.6) is 0 Å². The molecule has 0 aromatic carbocycles. The zero-order valence-corrected chi connectivity index (χ0v) is 12.5. The van der Waals surface area contributed by atoms with Gasteiger partial charge in [0.15, 0.2) is 0 Å². The predicted molar refractivity (Wildman–Crippen MR) is 77.5 cm³/mol. The lowest BCUT2D eigenvalue weighted by Gasteiger charge is -2.44. The minimum Gasteiger partial charge on any atom is -0.396 e. The average molecular weight is 284 g/mol. The number of nitrogens with one attached hydrogen (secondary N) is 2. The Morgan fingerprint density at radius 2 is 1.95 bits per heavy atom. The van der Waals surface area contributed by atoms with E-state index in [2.05, 4.69) is 17.6 Å². The molecule has 2 rings (SSSR count). The zero-order chi connectivity index (χ0) is 14.5. The van der Waals surface area contributed by atoms with Crippen molar-refractivity contribution in [2.75, 3.05) is 32.9 Å². The van der Waals surface area contributed by atoms with Gasteiger partial charge in [-0.1, -0.05) is 26.2 Å². The van der Waals surface area contributed by atoms with Crippen LogP contribution in [0.15, 0.2) is 0 Å². The largest absolute Gasteiger partial charge is 0.396 e. The molecule has 1 aliphatic heterocycles. The van der Waals surface area contributed by atoms with E-state index in [4.69, 9.17) is 4.74 Å². The van der Waals surface area contributed by atoms with Gasteiger partial charge < -0.3 is 20.5 Å². The molecule has 0 aromatic rings. The Morgan fingerprint density at radius 1 is 1.25 bits per heavy atom. The number of hydrogen-bond acceptors (Lipinski definition) is 4. The lowest BCUT2D eigenvalue weighted by atomic mass is 9.78. The predicted octanol–water partition coefficient (Wildman–Crippen LogP) is 0.814. The van der Waals surface area contributed by atoms with Gasteiger partial charge in [-0.25, -0.2) is 0 Å². The molecule has 5 heteroatoms. The van der Waals surface area contributed by atoms with Crippen LogP contribution in [-0.2, 0) is 9.53 Å². The Labute approximate surface area is 121 Å². The summed E-state index contributed by atoms with van der Waals surface area (Å²) in [4.78, 5) is 12.5. The Kier molecular flexibility index (Phi) is 5.41. The highest BCUT2D eigenvalue weighted by atomic mass is 16.5. The van der Waals surface area contributed by atoms with Gasteiger partial charge >= 0.3 is 0 Å². The van der Waals surface area contributed by atoms with E-state index in [1.807, 2.05) is 0 Å². The third kappa shape index (κ3) is 3.32. The third-order valence-electron chi connectivity index (χ3n) is 4.63. The first-order chi connectivity index (χ1) is 9.66. The van der Waals surface area contributed by atoms with E-state index in [0.717, 1.165) is 38.6 Å². The standard InChI is InChI=1S/C15H28N2O3/c1-2-8-16-13(19)15(6-4-3-5-7-15)17-9-14(10-18)11-20-12-14/h17-18H,2-12H2,1H3,(H,16,19). The number of aliphatic hydroxyl groups is 1. The Balaban J connectivity index is 1.97. The normalized spacial score (nSPS) is 23.9. The Bertz CT molecular complexity index is 318. The first-order valence-corrected chi connectivity index (χ1v) is 7.88. The van der Waals surface area contributed by atoms with Gasteiger partial charge in [0.1, 0.15) is 0 Å². The van der Waals surface area contributed by atoms with Crippen molar-refractivity contribution in [3.63, 3.8) is 0 Å². The zero-order valence-electron chi connectivity index (χ0n) is 12.5. The molecule has 1 saturated carbocycles. The lowest BCUT2D eigenvalue weighted by Crippen LogP contribution is -2.63. The van der Waals surface area contributed by atoms with Crippen LogP contribution in [0.1, 0.15) is 45.4 Å². The summed E-state index contributed by atoms with van der Waals surface area (Å²) in [5.74, 6) is 0.132. The number of ether oxygens (including phenoxy) is 1. The summed E-state index contributed by atoms with van der Waals surface area (Å²) in [6.45, 7) is 4.74. The van der Waals surface area contributed by atoms with Crippen molar-refractivity contribution in [3.8, 4) is 0 Å². The van der Waals surface area contributed by atoms with Crippen LogP contribution < -0.4 is 10.6 Å². The van der Waals surface area contributed by atoms with Gasteiger partial charge in [0, 0.05) is 13.1 Å². The molecule has 20 heavy (non-hydrogen) atoms. The van der Waals surface area contributed by atoms with E-state index < -0.39 is 5.54 Å². The number of carbonyl (C=O) groups is 1. The van der Waals surface area contributed by atoms with Gasteiger partial charge in [0.05, 0.1) is 30.8 Å². The third-order valence-corrected chi connectivity index (χ3v) is 4.63. The average Bonchev–Trinajstić information content (AvgIpc) is 2.45. The number of carbonyl (C=O) groups excluding carboxylic acids is 1. The molecular formula is C15H28N2O3. The van der Waals surface area contributed by atoms with E-state index in [0.29, 0.717) is 19.8 Å². The van der Waals surface area contributed by atoms with Gasteiger partial charge in [-0.3, -0.25) is 4.79 Å². The molecule has 0 atom stereocenters. The van der Waals surface area contributed by atoms with E-state index in [-0.39, 0.29) is 17.9 Å². The highest BCUT2D eigenvalue weighted by molar-refractivity contribution is 5.86. The molecule has 0 spiro atoms. The smallest absolute Gasteiger partial charge is 0.240 e. The summed E-state index contributed by atoms with van der Waals surface area (Å²) in [6, 6.07) is 0. The molecule has 5 nitrogen and oxygen atoms in total. The Hall–Kier alpha value is -0.650. The van der Waals surface area contributed by atoms with Crippen LogP contribution in [0.4, 0.5) is 0 Å². The number of hydrogen-bond donors (Lipinski definition) is 3. The summed E-state index contributed by atoms with van der Waals surface area (Å²) in [7, 11) is 0. The fourth-order valence-electron chi connectivity index (χ4n) is 3.04. The van der Waals surface area contributed by atoms with Crippen LogP contribution in [0.3, 0.4) is 0 Å². The Morgan fingerprint density at radius 3 is 2.45 bits per heavy atom. The van der Waals surface area contributed by atoms with Crippen molar-refractivity contribution < 1.29 is 14.6 Å². The topological polar surface area (TPSA) is 70.6 Å². The van der Waals surface area contributed by atoms with Crippen molar-refractivity contribution in [1.82, 2.24) is 10.6 Å². The number of amides is 1. The second-order valence-corrected chi connectivity index (χ2v) is 6.40. The van der Waals surface area contributed by atoms with Crippen molar-refractivity contribution in [2.24, 2.45) is 5.41 Å². The van der Waals surface area contributed by atoms with Gasteiger partial charge in [0.2, 0.25) is 5.91 Å². The molecule has 116 valence electrons. The molecule has 3 N–H and O–H groups in total. The van der Waals surface area contributed by atoms with Crippen LogP contribution >= 0.6 is 0 Å². The second-order valence-electron chi connectivity index (χ2n) is 6.40. The van der Waals surface area contributed by atoms with E-state index in [9.17, 15) is 9.90 Å².